The number of carbonyl (C=O) groups excluding carboxylic acids is 2. The van der Waals surface area contributed by atoms with Crippen LogP contribution in [0.4, 0.5) is 9.59 Å². The molecule has 0 saturated carbocycles. The zero-order valence-electron chi connectivity index (χ0n) is 20.5. The number of likely N-dealkylation sites (tertiary alicyclic amines) is 2. The molecule has 184 valence electrons. The molecule has 0 radical (unpaired) electrons. The number of nitrogens with zero attached hydrogens (tertiary/aromatic N) is 2. The maximum absolute atomic E-state index is 11.7. The number of aliphatic hydroxyl groups is 2. The molecular weight excluding hydrogens is 412 g/mol. The van der Waals surface area contributed by atoms with Gasteiger partial charge in [-0.25, -0.2) is 9.59 Å². The number of hydrogen-bond acceptors (Lipinski definition) is 6. The van der Waals surface area contributed by atoms with Gasteiger partial charge in [0.15, 0.2) is 0 Å². The van der Waals surface area contributed by atoms with E-state index in [4.69, 9.17) is 9.47 Å². The lowest BCUT2D eigenvalue weighted by molar-refractivity contribution is 0.0261. The van der Waals surface area contributed by atoms with Crippen LogP contribution in [-0.2, 0) is 9.47 Å². The summed E-state index contributed by atoms with van der Waals surface area (Å²) in [6, 6.07) is 0. The van der Waals surface area contributed by atoms with Crippen molar-refractivity contribution in [2.45, 2.75) is 77.8 Å². The Kier molecular flexibility index (Phi) is 10.2. The molecule has 8 nitrogen and oxygen atoms in total. The minimum atomic E-state index is -0.488. The highest BCUT2D eigenvalue weighted by molar-refractivity contribution is 5.69. The number of allylic oxidation sites excluding steroid dienone is 2. The third kappa shape index (κ3) is 9.61. The van der Waals surface area contributed by atoms with Gasteiger partial charge in [-0.3, -0.25) is 0 Å². The van der Waals surface area contributed by atoms with E-state index in [1.54, 1.807) is 22.0 Å². The molecule has 0 aromatic carbocycles. The predicted molar refractivity (Wildman–Crippen MR) is 124 cm³/mol. The van der Waals surface area contributed by atoms with Crippen molar-refractivity contribution in [3.8, 4) is 0 Å². The molecule has 0 aliphatic carbocycles. The first-order chi connectivity index (χ1) is 14.7. The SMILES string of the molecule is C=CC[C@@H]1CN(C(=O)OC(C)(C)C)C[C@H]1O.C=CC[C@H]1CN(C(=O)OC(C)(C)C)C[C@@H]1O. The first kappa shape index (κ1) is 28.0. The maximum Gasteiger partial charge on any atom is 0.410 e. The van der Waals surface area contributed by atoms with Crippen molar-refractivity contribution in [3.63, 3.8) is 0 Å². The van der Waals surface area contributed by atoms with Gasteiger partial charge in [0.2, 0.25) is 0 Å². The van der Waals surface area contributed by atoms with Gasteiger partial charge in [0.05, 0.1) is 25.3 Å². The minimum absolute atomic E-state index is 0.0880. The van der Waals surface area contributed by atoms with Gasteiger partial charge in [-0.05, 0) is 54.4 Å². The molecule has 32 heavy (non-hydrogen) atoms. The summed E-state index contributed by atoms with van der Waals surface area (Å²) in [5, 5.41) is 19.5. The molecule has 8 heteroatoms. The van der Waals surface area contributed by atoms with Crippen molar-refractivity contribution in [3.05, 3.63) is 25.3 Å². The Morgan fingerprint density at radius 2 is 1.09 bits per heavy atom. The highest BCUT2D eigenvalue weighted by Crippen LogP contribution is 2.23. The summed E-state index contributed by atoms with van der Waals surface area (Å²) in [7, 11) is 0. The third-order valence-corrected chi connectivity index (χ3v) is 5.06. The van der Waals surface area contributed by atoms with Crippen molar-refractivity contribution in [1.82, 2.24) is 9.80 Å². The summed E-state index contributed by atoms with van der Waals surface area (Å²) in [6.45, 7) is 20.1. The second-order valence-electron chi connectivity index (χ2n) is 10.5. The largest absolute Gasteiger partial charge is 0.444 e. The number of β-amino-alcohol motifs (C(OH)–C–C–N with tert-alkyl or cyclic N) is 2. The first-order valence-corrected chi connectivity index (χ1v) is 11.2. The highest BCUT2D eigenvalue weighted by Gasteiger charge is 2.36. The van der Waals surface area contributed by atoms with Crippen LogP contribution in [-0.4, -0.2) is 81.8 Å². The van der Waals surface area contributed by atoms with Crippen LogP contribution in [0.3, 0.4) is 0 Å². The van der Waals surface area contributed by atoms with E-state index in [0.717, 1.165) is 12.8 Å². The lowest BCUT2D eigenvalue weighted by Gasteiger charge is -2.24. The summed E-state index contributed by atoms with van der Waals surface area (Å²) in [4.78, 5) is 26.6. The molecule has 2 rings (SSSR count). The maximum atomic E-state index is 11.7. The Morgan fingerprint density at radius 3 is 1.34 bits per heavy atom. The van der Waals surface area contributed by atoms with Crippen molar-refractivity contribution in [2.24, 2.45) is 11.8 Å². The van der Waals surface area contributed by atoms with Crippen LogP contribution in [0.25, 0.3) is 0 Å². The van der Waals surface area contributed by atoms with Gasteiger partial charge < -0.3 is 29.5 Å². The lowest BCUT2D eigenvalue weighted by Crippen LogP contribution is -2.35. The minimum Gasteiger partial charge on any atom is -0.444 e. The van der Waals surface area contributed by atoms with Crippen molar-refractivity contribution >= 4 is 12.2 Å². The molecule has 2 amide bonds. The molecule has 4 atom stereocenters. The van der Waals surface area contributed by atoms with Gasteiger partial charge in [0.25, 0.3) is 0 Å². The molecule has 0 aromatic heterocycles. The summed E-state index contributed by atoms with van der Waals surface area (Å²) < 4.78 is 10.5. The van der Waals surface area contributed by atoms with Crippen molar-refractivity contribution in [1.29, 1.82) is 0 Å². The van der Waals surface area contributed by atoms with E-state index in [9.17, 15) is 19.8 Å². The Bertz CT molecular complexity index is 596. The average molecular weight is 455 g/mol. The van der Waals surface area contributed by atoms with Crippen LogP contribution in [0.15, 0.2) is 25.3 Å². The topological polar surface area (TPSA) is 99.5 Å². The molecule has 2 heterocycles. The molecule has 2 aliphatic heterocycles. The summed E-state index contributed by atoms with van der Waals surface area (Å²) in [6.07, 6.45) is 3.35. The Balaban J connectivity index is 0.000000320. The van der Waals surface area contributed by atoms with Gasteiger partial charge in [0.1, 0.15) is 11.2 Å². The quantitative estimate of drug-likeness (QED) is 0.630. The summed E-state index contributed by atoms with van der Waals surface area (Å²) in [5.41, 5.74) is -0.975. The third-order valence-electron chi connectivity index (χ3n) is 5.06. The standard InChI is InChI=1S/2C12H21NO3/c2*1-5-6-9-7-13(8-10(9)14)11(15)16-12(2,3)4/h2*5,9-10,14H,1,6-8H2,2-4H3/t2*9-,10-/m10/s1. The normalized spacial score (nSPS) is 25.6. The van der Waals surface area contributed by atoms with Crippen molar-refractivity contribution < 1.29 is 29.3 Å². The monoisotopic (exact) mass is 454 g/mol. The molecule has 0 spiro atoms. The smallest absolute Gasteiger partial charge is 0.410 e. The number of aliphatic hydroxyl groups excluding tert-OH is 2. The molecule has 2 fully saturated rings. The second kappa shape index (κ2) is 11.7. The van der Waals surface area contributed by atoms with E-state index in [1.165, 1.54) is 0 Å². The number of hydrogen-bond donors (Lipinski definition) is 2. The molecule has 0 bridgehead atoms. The van der Waals surface area contributed by atoms with E-state index in [1.807, 2.05) is 41.5 Å². The summed E-state index contributed by atoms with van der Waals surface area (Å²) >= 11 is 0. The van der Waals surface area contributed by atoms with E-state index in [-0.39, 0.29) is 24.0 Å². The van der Waals surface area contributed by atoms with E-state index in [0.29, 0.717) is 26.2 Å². The molecule has 0 unspecified atom stereocenters. The van der Waals surface area contributed by atoms with Crippen LogP contribution in [0, 0.1) is 11.8 Å². The van der Waals surface area contributed by atoms with Crippen LogP contribution in [0.2, 0.25) is 0 Å². The van der Waals surface area contributed by atoms with Gasteiger partial charge in [0, 0.05) is 24.9 Å². The van der Waals surface area contributed by atoms with Gasteiger partial charge >= 0.3 is 12.2 Å². The molecule has 2 saturated heterocycles. The average Bonchev–Trinajstić information content (AvgIpc) is 3.17. The highest BCUT2D eigenvalue weighted by atomic mass is 16.6. The lowest BCUT2D eigenvalue weighted by atomic mass is 10.0. The zero-order chi connectivity index (χ0) is 24.7. The molecular formula is C24H42N2O6. The predicted octanol–water partition coefficient (Wildman–Crippen LogP) is 3.58. The number of ether oxygens (including phenoxy) is 2. The Hall–Kier alpha value is -2.06. The first-order valence-electron chi connectivity index (χ1n) is 11.2. The van der Waals surface area contributed by atoms with Crippen LogP contribution >= 0.6 is 0 Å². The number of carbonyl (C=O) groups is 2. The van der Waals surface area contributed by atoms with Crippen LogP contribution in [0.1, 0.15) is 54.4 Å². The fourth-order valence-electron chi connectivity index (χ4n) is 3.55. The van der Waals surface area contributed by atoms with Gasteiger partial charge in [-0.1, -0.05) is 12.2 Å². The van der Waals surface area contributed by atoms with E-state index in [2.05, 4.69) is 13.2 Å². The number of rotatable bonds is 4. The molecule has 0 aromatic rings. The number of amides is 2. The van der Waals surface area contributed by atoms with Crippen LogP contribution < -0.4 is 0 Å². The second-order valence-corrected chi connectivity index (χ2v) is 10.5. The van der Waals surface area contributed by atoms with Gasteiger partial charge in [-0.2, -0.15) is 0 Å². The summed E-state index contributed by atoms with van der Waals surface area (Å²) in [5.74, 6) is 0.176. The van der Waals surface area contributed by atoms with E-state index >= 15 is 0 Å². The Labute approximate surface area is 192 Å². The molecule has 2 aliphatic rings. The van der Waals surface area contributed by atoms with Crippen LogP contribution in [0.5, 0.6) is 0 Å². The fourth-order valence-corrected chi connectivity index (χ4v) is 3.55. The molecule has 2 N–H and O–H groups in total. The fraction of sp³-hybridized carbons (Fsp3) is 0.750. The van der Waals surface area contributed by atoms with Gasteiger partial charge in [-0.15, -0.1) is 13.2 Å². The van der Waals surface area contributed by atoms with Crippen molar-refractivity contribution in [2.75, 3.05) is 26.2 Å². The zero-order valence-corrected chi connectivity index (χ0v) is 20.5. The van der Waals surface area contributed by atoms with E-state index < -0.39 is 23.4 Å². The Morgan fingerprint density at radius 1 is 0.781 bits per heavy atom.